The number of carbonyl (C=O) groups is 1. The Balaban J connectivity index is 2.78. The summed E-state index contributed by atoms with van der Waals surface area (Å²) in [6, 6.07) is 4.44. The van der Waals surface area contributed by atoms with E-state index in [4.69, 9.17) is 14.2 Å². The Labute approximate surface area is 142 Å². The quantitative estimate of drug-likeness (QED) is 0.652. The summed E-state index contributed by atoms with van der Waals surface area (Å²) < 4.78 is 42.4. The minimum Gasteiger partial charge on any atom is -0.497 e. The van der Waals surface area contributed by atoms with Gasteiger partial charge in [-0.05, 0) is 12.1 Å². The molecule has 0 aromatic heterocycles. The highest BCUT2D eigenvalue weighted by atomic mass is 32.2. The van der Waals surface area contributed by atoms with Crippen LogP contribution in [0.4, 0.5) is 0 Å². The highest BCUT2D eigenvalue weighted by Crippen LogP contribution is 2.28. The number of methoxy groups -OCH3 is 3. The maximum atomic E-state index is 12.4. The zero-order valence-electron chi connectivity index (χ0n) is 14.4. The van der Waals surface area contributed by atoms with Gasteiger partial charge in [-0.25, -0.2) is 13.1 Å². The highest BCUT2D eigenvalue weighted by molar-refractivity contribution is 7.89. The Morgan fingerprint density at radius 2 is 1.88 bits per heavy atom. The number of hydrogen-bond acceptors (Lipinski definition) is 6. The monoisotopic (exact) mass is 360 g/mol. The molecule has 0 aliphatic carbocycles. The van der Waals surface area contributed by atoms with E-state index in [0.29, 0.717) is 18.9 Å². The Morgan fingerprint density at radius 3 is 2.42 bits per heavy atom. The van der Waals surface area contributed by atoms with Gasteiger partial charge in [0.25, 0.3) is 0 Å². The van der Waals surface area contributed by atoms with Crippen LogP contribution in [-0.2, 0) is 19.6 Å². The molecule has 0 fully saturated rings. The molecule has 0 radical (unpaired) electrons. The fourth-order valence-corrected chi connectivity index (χ4v) is 3.19. The second-order valence-corrected chi connectivity index (χ2v) is 6.65. The fraction of sp³-hybridized carbons (Fsp3) is 0.533. The van der Waals surface area contributed by atoms with Crippen LogP contribution in [0.2, 0.25) is 0 Å². The largest absolute Gasteiger partial charge is 0.497 e. The first-order valence-corrected chi connectivity index (χ1v) is 8.80. The minimum absolute atomic E-state index is 0.0112. The molecule has 0 saturated heterocycles. The van der Waals surface area contributed by atoms with Crippen molar-refractivity contribution in [2.45, 2.75) is 11.8 Å². The van der Waals surface area contributed by atoms with E-state index in [2.05, 4.69) is 4.72 Å². The van der Waals surface area contributed by atoms with Crippen LogP contribution < -0.4 is 14.2 Å². The van der Waals surface area contributed by atoms with E-state index >= 15 is 0 Å². The van der Waals surface area contributed by atoms with E-state index in [1.807, 2.05) is 0 Å². The summed E-state index contributed by atoms with van der Waals surface area (Å²) >= 11 is 0. The molecule has 0 unspecified atom stereocenters. The maximum absolute atomic E-state index is 12.4. The molecule has 0 spiro atoms. The lowest BCUT2D eigenvalue weighted by atomic mass is 10.3. The number of benzene rings is 1. The van der Waals surface area contributed by atoms with Crippen LogP contribution in [-0.4, -0.2) is 66.8 Å². The van der Waals surface area contributed by atoms with E-state index in [0.717, 1.165) is 0 Å². The van der Waals surface area contributed by atoms with Gasteiger partial charge < -0.3 is 19.1 Å². The van der Waals surface area contributed by atoms with Crippen LogP contribution in [0, 0.1) is 0 Å². The van der Waals surface area contributed by atoms with Gasteiger partial charge in [-0.1, -0.05) is 0 Å². The summed E-state index contributed by atoms with van der Waals surface area (Å²) in [6.07, 6.45) is 0. The molecule has 8 nitrogen and oxygen atoms in total. The molecule has 0 aliphatic heterocycles. The highest BCUT2D eigenvalue weighted by Gasteiger charge is 2.20. The van der Waals surface area contributed by atoms with Crippen molar-refractivity contribution in [1.29, 1.82) is 0 Å². The fourth-order valence-electron chi connectivity index (χ4n) is 2.02. The molecule has 24 heavy (non-hydrogen) atoms. The Hall–Kier alpha value is -1.84. The molecule has 0 heterocycles. The number of hydrogen-bond donors (Lipinski definition) is 1. The lowest BCUT2D eigenvalue weighted by molar-refractivity contribution is -0.129. The van der Waals surface area contributed by atoms with Crippen LogP contribution in [0.25, 0.3) is 0 Å². The molecule has 0 bridgehead atoms. The van der Waals surface area contributed by atoms with Crippen LogP contribution in [0.5, 0.6) is 11.5 Å². The van der Waals surface area contributed by atoms with Gasteiger partial charge in [-0.2, -0.15) is 0 Å². The third-order valence-electron chi connectivity index (χ3n) is 3.34. The van der Waals surface area contributed by atoms with Gasteiger partial charge >= 0.3 is 0 Å². The molecule has 0 aliphatic rings. The first kappa shape index (κ1) is 20.2. The third kappa shape index (κ3) is 5.66. The van der Waals surface area contributed by atoms with Crippen LogP contribution in [0.3, 0.4) is 0 Å². The van der Waals surface area contributed by atoms with E-state index in [9.17, 15) is 13.2 Å². The van der Waals surface area contributed by atoms with Crippen molar-refractivity contribution < 1.29 is 27.4 Å². The van der Waals surface area contributed by atoms with Crippen molar-refractivity contribution >= 4 is 15.9 Å². The zero-order chi connectivity index (χ0) is 18.2. The number of amides is 1. The maximum Gasteiger partial charge on any atom is 0.244 e. The molecular formula is C15H24N2O6S. The Morgan fingerprint density at radius 1 is 1.17 bits per heavy atom. The van der Waals surface area contributed by atoms with Gasteiger partial charge in [-0.3, -0.25) is 4.79 Å². The van der Waals surface area contributed by atoms with Crippen molar-refractivity contribution in [2.24, 2.45) is 0 Å². The molecule has 9 heteroatoms. The first-order valence-electron chi connectivity index (χ1n) is 7.32. The molecule has 1 aromatic rings. The van der Waals surface area contributed by atoms with Gasteiger partial charge in [-0.15, -0.1) is 0 Å². The smallest absolute Gasteiger partial charge is 0.244 e. The van der Waals surface area contributed by atoms with Crippen molar-refractivity contribution in [3.05, 3.63) is 18.2 Å². The number of nitrogens with one attached hydrogen (secondary N) is 1. The van der Waals surface area contributed by atoms with Crippen molar-refractivity contribution in [3.8, 4) is 11.5 Å². The molecule has 136 valence electrons. The Bertz CT molecular complexity index is 647. The summed E-state index contributed by atoms with van der Waals surface area (Å²) in [5.74, 6) is 0.533. The second-order valence-electron chi connectivity index (χ2n) is 4.91. The number of nitrogens with zero attached hydrogens (tertiary/aromatic N) is 1. The molecule has 0 saturated carbocycles. The molecule has 1 N–H and O–H groups in total. The zero-order valence-corrected chi connectivity index (χ0v) is 15.2. The standard InChI is InChI=1S/C15H24N2O6S/c1-12(18)17(9-10-21-2)8-7-16-24(19,20)15-6-5-13(22-3)11-14(15)23-4/h5-6,11,16H,7-10H2,1-4H3. The van der Waals surface area contributed by atoms with E-state index in [1.54, 1.807) is 0 Å². The summed E-state index contributed by atoms with van der Waals surface area (Å²) in [7, 11) is 0.638. The lowest BCUT2D eigenvalue weighted by Crippen LogP contribution is -2.39. The number of carbonyl (C=O) groups excluding carboxylic acids is 1. The summed E-state index contributed by atoms with van der Waals surface area (Å²) in [5, 5.41) is 0. The van der Waals surface area contributed by atoms with Gasteiger partial charge in [0.2, 0.25) is 15.9 Å². The molecule has 0 atom stereocenters. The number of rotatable bonds is 10. The topological polar surface area (TPSA) is 94.2 Å². The number of ether oxygens (including phenoxy) is 3. The van der Waals surface area contributed by atoms with Gasteiger partial charge in [0.1, 0.15) is 16.4 Å². The van der Waals surface area contributed by atoms with Crippen LogP contribution in [0.1, 0.15) is 6.92 Å². The van der Waals surface area contributed by atoms with Crippen LogP contribution >= 0.6 is 0 Å². The molecule has 1 amide bonds. The van der Waals surface area contributed by atoms with Gasteiger partial charge in [0.15, 0.2) is 0 Å². The SMILES string of the molecule is COCCN(CCNS(=O)(=O)c1ccc(OC)cc1OC)C(C)=O. The average Bonchev–Trinajstić information content (AvgIpc) is 2.56. The molecule has 1 aromatic carbocycles. The molecular weight excluding hydrogens is 336 g/mol. The lowest BCUT2D eigenvalue weighted by Gasteiger charge is -2.21. The normalized spacial score (nSPS) is 11.2. The summed E-state index contributed by atoms with van der Waals surface area (Å²) in [6.45, 7) is 2.55. The van der Waals surface area contributed by atoms with Crippen LogP contribution in [0.15, 0.2) is 23.1 Å². The second kappa shape index (κ2) is 9.45. The Kier molecular flexibility index (Phi) is 7.96. The number of sulfonamides is 1. The average molecular weight is 360 g/mol. The summed E-state index contributed by atoms with van der Waals surface area (Å²) in [4.78, 5) is 13.0. The van der Waals surface area contributed by atoms with E-state index in [-0.39, 0.29) is 29.6 Å². The van der Waals surface area contributed by atoms with Crippen molar-refractivity contribution in [3.63, 3.8) is 0 Å². The third-order valence-corrected chi connectivity index (χ3v) is 4.85. The van der Waals surface area contributed by atoms with Crippen molar-refractivity contribution in [1.82, 2.24) is 9.62 Å². The predicted octanol–water partition coefficient (Wildman–Crippen LogP) is 0.477. The first-order chi connectivity index (χ1) is 11.4. The molecule has 1 rings (SSSR count). The van der Waals surface area contributed by atoms with E-state index in [1.165, 1.54) is 51.4 Å². The van der Waals surface area contributed by atoms with Gasteiger partial charge in [0.05, 0.1) is 20.8 Å². The van der Waals surface area contributed by atoms with E-state index < -0.39 is 10.0 Å². The summed E-state index contributed by atoms with van der Waals surface area (Å²) in [5.41, 5.74) is 0. The van der Waals surface area contributed by atoms with Gasteiger partial charge in [0, 0.05) is 39.7 Å². The predicted molar refractivity (Wildman–Crippen MR) is 88.9 cm³/mol. The van der Waals surface area contributed by atoms with Crippen molar-refractivity contribution in [2.75, 3.05) is 47.6 Å². The minimum atomic E-state index is -3.77.